The van der Waals surface area contributed by atoms with Crippen LogP contribution < -0.4 is 10.1 Å². The molecule has 0 unspecified atom stereocenters. The van der Waals surface area contributed by atoms with Crippen LogP contribution >= 0.6 is 0 Å². The number of carbonyl (C=O) groups excluding carboxylic acids is 2. The standard InChI is InChI=1S/C26H31N3O4/c1-18-5-6-19(2)22(17-18)27-24-23(20-7-9-21(32-3)10-8-20)25(30)29(26(24)31)12-4-11-28-13-15-33-16-14-28/h5-10,17,27H,4,11-16H2,1-3H3. The second-order valence-corrected chi connectivity index (χ2v) is 8.49. The van der Waals surface area contributed by atoms with Crippen molar-refractivity contribution in [3.05, 3.63) is 64.9 Å². The summed E-state index contributed by atoms with van der Waals surface area (Å²) in [5.41, 5.74) is 4.33. The van der Waals surface area contributed by atoms with Gasteiger partial charge in [0.15, 0.2) is 0 Å². The van der Waals surface area contributed by atoms with Gasteiger partial charge in [-0.05, 0) is 55.2 Å². The zero-order chi connectivity index (χ0) is 23.4. The number of methoxy groups -OCH3 is 1. The number of ether oxygens (including phenoxy) is 2. The Labute approximate surface area is 195 Å². The van der Waals surface area contributed by atoms with Gasteiger partial charge in [-0.15, -0.1) is 0 Å². The Morgan fingerprint density at radius 2 is 1.70 bits per heavy atom. The Balaban J connectivity index is 1.60. The van der Waals surface area contributed by atoms with Crippen molar-refractivity contribution < 1.29 is 19.1 Å². The Hall–Kier alpha value is -3.16. The number of hydrogen-bond donors (Lipinski definition) is 1. The first-order valence-electron chi connectivity index (χ1n) is 11.4. The first kappa shape index (κ1) is 23.0. The van der Waals surface area contributed by atoms with Crippen LogP contribution in [0, 0.1) is 13.8 Å². The lowest BCUT2D eigenvalue weighted by Gasteiger charge is -2.27. The van der Waals surface area contributed by atoms with Crippen LogP contribution in [0.4, 0.5) is 5.69 Å². The molecule has 7 nitrogen and oxygen atoms in total. The molecule has 2 aromatic rings. The molecule has 2 aromatic carbocycles. The van der Waals surface area contributed by atoms with Crippen LogP contribution in [0.25, 0.3) is 5.57 Å². The van der Waals surface area contributed by atoms with Crippen LogP contribution in [-0.4, -0.2) is 68.1 Å². The highest BCUT2D eigenvalue weighted by Gasteiger charge is 2.39. The van der Waals surface area contributed by atoms with Gasteiger partial charge < -0.3 is 14.8 Å². The van der Waals surface area contributed by atoms with Crippen molar-refractivity contribution in [2.75, 3.05) is 51.8 Å². The smallest absolute Gasteiger partial charge is 0.278 e. The Morgan fingerprint density at radius 1 is 0.970 bits per heavy atom. The van der Waals surface area contributed by atoms with Crippen LogP contribution in [0.15, 0.2) is 48.2 Å². The molecular weight excluding hydrogens is 418 g/mol. The number of nitrogens with zero attached hydrogens (tertiary/aromatic N) is 2. The molecule has 1 N–H and O–H groups in total. The highest BCUT2D eigenvalue weighted by Crippen LogP contribution is 2.32. The average molecular weight is 450 g/mol. The number of benzene rings is 2. The van der Waals surface area contributed by atoms with E-state index in [1.54, 1.807) is 19.2 Å². The highest BCUT2D eigenvalue weighted by atomic mass is 16.5. The predicted octanol–water partition coefficient (Wildman–Crippen LogP) is 3.23. The molecule has 0 saturated carbocycles. The first-order chi connectivity index (χ1) is 16.0. The SMILES string of the molecule is COc1ccc(C2=C(Nc3cc(C)ccc3C)C(=O)N(CCCN3CCOCC3)C2=O)cc1. The lowest BCUT2D eigenvalue weighted by molar-refractivity contribution is -0.136. The number of imide groups is 1. The van der Waals surface area contributed by atoms with Gasteiger partial charge in [0.1, 0.15) is 11.4 Å². The molecule has 2 aliphatic heterocycles. The summed E-state index contributed by atoms with van der Waals surface area (Å²) in [4.78, 5) is 30.6. The fourth-order valence-corrected chi connectivity index (χ4v) is 4.20. The van der Waals surface area contributed by atoms with Gasteiger partial charge in [0.25, 0.3) is 11.8 Å². The van der Waals surface area contributed by atoms with Crippen molar-refractivity contribution in [3.8, 4) is 5.75 Å². The van der Waals surface area contributed by atoms with E-state index in [1.807, 2.05) is 44.2 Å². The number of morpholine rings is 1. The topological polar surface area (TPSA) is 71.1 Å². The third-order valence-corrected chi connectivity index (χ3v) is 6.16. The fraction of sp³-hybridized carbons (Fsp3) is 0.385. The second-order valence-electron chi connectivity index (χ2n) is 8.49. The summed E-state index contributed by atoms with van der Waals surface area (Å²) in [7, 11) is 1.60. The van der Waals surface area contributed by atoms with Gasteiger partial charge >= 0.3 is 0 Å². The van der Waals surface area contributed by atoms with E-state index in [4.69, 9.17) is 9.47 Å². The van der Waals surface area contributed by atoms with E-state index in [0.29, 0.717) is 29.1 Å². The fourth-order valence-electron chi connectivity index (χ4n) is 4.20. The van der Waals surface area contributed by atoms with E-state index in [9.17, 15) is 9.59 Å². The van der Waals surface area contributed by atoms with Gasteiger partial charge in [-0.25, -0.2) is 0 Å². The molecule has 2 amide bonds. The van der Waals surface area contributed by atoms with Gasteiger partial charge in [-0.2, -0.15) is 0 Å². The molecule has 7 heteroatoms. The zero-order valence-corrected chi connectivity index (χ0v) is 19.5. The van der Waals surface area contributed by atoms with E-state index in [1.165, 1.54) is 4.90 Å². The third kappa shape index (κ3) is 5.10. The van der Waals surface area contributed by atoms with Crippen LogP contribution in [0.5, 0.6) is 5.75 Å². The van der Waals surface area contributed by atoms with E-state index in [0.717, 1.165) is 56.1 Å². The van der Waals surface area contributed by atoms with Gasteiger partial charge in [0.2, 0.25) is 0 Å². The average Bonchev–Trinajstić information content (AvgIpc) is 3.06. The van der Waals surface area contributed by atoms with Crippen molar-refractivity contribution in [2.45, 2.75) is 20.3 Å². The number of anilines is 1. The maximum Gasteiger partial charge on any atom is 0.278 e. The first-order valence-corrected chi connectivity index (χ1v) is 11.4. The number of aryl methyl sites for hydroxylation is 2. The van der Waals surface area contributed by atoms with Crippen LogP contribution in [0.3, 0.4) is 0 Å². The lowest BCUT2D eigenvalue weighted by atomic mass is 10.0. The molecule has 174 valence electrons. The Morgan fingerprint density at radius 3 is 2.39 bits per heavy atom. The number of rotatable bonds is 8. The van der Waals surface area contributed by atoms with Gasteiger partial charge in [-0.1, -0.05) is 24.3 Å². The number of hydrogen-bond acceptors (Lipinski definition) is 6. The van der Waals surface area contributed by atoms with Gasteiger partial charge in [0.05, 0.1) is 25.9 Å². The maximum atomic E-state index is 13.4. The summed E-state index contributed by atoms with van der Waals surface area (Å²) < 4.78 is 10.7. The number of carbonyl (C=O) groups is 2. The minimum Gasteiger partial charge on any atom is -0.497 e. The van der Waals surface area contributed by atoms with E-state index >= 15 is 0 Å². The summed E-state index contributed by atoms with van der Waals surface area (Å²) in [6, 6.07) is 13.3. The van der Waals surface area contributed by atoms with Gasteiger partial charge in [0, 0.05) is 31.9 Å². The lowest BCUT2D eigenvalue weighted by Crippen LogP contribution is -2.39. The summed E-state index contributed by atoms with van der Waals surface area (Å²) in [6.45, 7) is 8.43. The highest BCUT2D eigenvalue weighted by molar-refractivity contribution is 6.36. The molecule has 0 atom stereocenters. The molecule has 1 fully saturated rings. The molecule has 0 bridgehead atoms. The van der Waals surface area contributed by atoms with E-state index in [-0.39, 0.29) is 11.8 Å². The summed E-state index contributed by atoms with van der Waals surface area (Å²) >= 11 is 0. The van der Waals surface area contributed by atoms with Crippen molar-refractivity contribution in [2.24, 2.45) is 0 Å². The Bertz CT molecular complexity index is 1060. The molecule has 0 radical (unpaired) electrons. The number of amides is 2. The van der Waals surface area contributed by atoms with Crippen LogP contribution in [0.2, 0.25) is 0 Å². The van der Waals surface area contributed by atoms with E-state index < -0.39 is 0 Å². The molecule has 33 heavy (non-hydrogen) atoms. The number of nitrogens with one attached hydrogen (secondary N) is 1. The van der Waals surface area contributed by atoms with Crippen molar-refractivity contribution in [3.63, 3.8) is 0 Å². The van der Waals surface area contributed by atoms with E-state index in [2.05, 4.69) is 10.2 Å². The summed E-state index contributed by atoms with van der Waals surface area (Å²) in [5, 5.41) is 3.29. The van der Waals surface area contributed by atoms with Crippen molar-refractivity contribution in [1.82, 2.24) is 9.80 Å². The molecule has 0 aliphatic carbocycles. The predicted molar refractivity (Wildman–Crippen MR) is 128 cm³/mol. The monoisotopic (exact) mass is 449 g/mol. The van der Waals surface area contributed by atoms with Crippen molar-refractivity contribution in [1.29, 1.82) is 0 Å². The molecule has 2 heterocycles. The second kappa shape index (κ2) is 10.2. The Kier molecular flexibility index (Phi) is 7.11. The molecule has 1 saturated heterocycles. The zero-order valence-electron chi connectivity index (χ0n) is 19.5. The van der Waals surface area contributed by atoms with Crippen LogP contribution in [0.1, 0.15) is 23.1 Å². The van der Waals surface area contributed by atoms with Gasteiger partial charge in [-0.3, -0.25) is 19.4 Å². The summed E-state index contributed by atoms with van der Waals surface area (Å²) in [6.07, 6.45) is 0.726. The molecule has 0 spiro atoms. The minimum atomic E-state index is -0.284. The van der Waals surface area contributed by atoms with Crippen molar-refractivity contribution >= 4 is 23.1 Å². The minimum absolute atomic E-state index is 0.264. The third-order valence-electron chi connectivity index (χ3n) is 6.16. The molecule has 2 aliphatic rings. The molecule has 0 aromatic heterocycles. The van der Waals surface area contributed by atoms with Crippen LogP contribution in [-0.2, 0) is 14.3 Å². The summed E-state index contributed by atoms with van der Waals surface area (Å²) in [5.74, 6) is 0.149. The molecule has 4 rings (SSSR count). The largest absolute Gasteiger partial charge is 0.497 e. The maximum absolute atomic E-state index is 13.4. The normalized spacial score (nSPS) is 17.1. The molecular formula is C26H31N3O4. The quantitative estimate of drug-likeness (QED) is 0.624.